The van der Waals surface area contributed by atoms with Crippen molar-refractivity contribution in [2.24, 2.45) is 0 Å². The Kier molecular flexibility index (Phi) is 4.16. The number of carboxylic acid groups (broad SMARTS) is 1. The summed E-state index contributed by atoms with van der Waals surface area (Å²) in [7, 11) is 0. The van der Waals surface area contributed by atoms with Gasteiger partial charge in [-0.2, -0.15) is 0 Å². The molecule has 0 spiro atoms. The molecule has 0 aliphatic carbocycles. The molecule has 0 bridgehead atoms. The lowest BCUT2D eigenvalue weighted by molar-refractivity contribution is -0.139. The van der Waals surface area contributed by atoms with Crippen LogP contribution in [0.2, 0.25) is 0 Å². The molecule has 3 rings (SSSR count). The van der Waals surface area contributed by atoms with Crippen molar-refractivity contribution in [3.05, 3.63) is 52.6 Å². The van der Waals surface area contributed by atoms with E-state index < -0.39 is 17.9 Å². The van der Waals surface area contributed by atoms with E-state index in [-0.39, 0.29) is 5.56 Å². The summed E-state index contributed by atoms with van der Waals surface area (Å²) < 4.78 is 5.42. The number of nitrogens with zero attached hydrogens (tertiary/aromatic N) is 2. The van der Waals surface area contributed by atoms with Crippen molar-refractivity contribution < 1.29 is 19.4 Å². The maximum Gasteiger partial charge on any atom is 0.330 e. The summed E-state index contributed by atoms with van der Waals surface area (Å²) in [6, 6.07) is 4.01. The van der Waals surface area contributed by atoms with Gasteiger partial charge in [0.15, 0.2) is 6.04 Å². The molecule has 7 nitrogen and oxygen atoms in total. The number of carbonyl (C=O) groups is 2. The lowest BCUT2D eigenvalue weighted by Crippen LogP contribution is -2.34. The molecule has 1 aromatic carbocycles. The van der Waals surface area contributed by atoms with Crippen molar-refractivity contribution in [2.45, 2.75) is 26.3 Å². The van der Waals surface area contributed by atoms with Crippen molar-refractivity contribution in [1.29, 1.82) is 0 Å². The van der Waals surface area contributed by atoms with E-state index in [4.69, 9.17) is 4.74 Å². The van der Waals surface area contributed by atoms with Gasteiger partial charge in [0.2, 0.25) is 0 Å². The molecule has 7 heteroatoms. The first-order valence-corrected chi connectivity index (χ1v) is 7.55. The molecule has 1 unspecified atom stereocenters. The molecular weight excluding hydrogens is 310 g/mol. The number of carbonyl (C=O) groups excluding carboxylic acids is 1. The van der Waals surface area contributed by atoms with E-state index >= 15 is 0 Å². The lowest BCUT2D eigenvalue weighted by Gasteiger charge is -2.16. The molecule has 2 N–H and O–H groups in total. The van der Waals surface area contributed by atoms with Crippen LogP contribution in [0.1, 0.15) is 39.0 Å². The molecule has 124 valence electrons. The Labute approximate surface area is 138 Å². The molecule has 1 aliphatic heterocycles. The van der Waals surface area contributed by atoms with Crippen molar-refractivity contribution in [3.63, 3.8) is 0 Å². The molecule has 0 saturated heterocycles. The summed E-state index contributed by atoms with van der Waals surface area (Å²) in [6.45, 7) is 4.00. The number of nitrogens with one attached hydrogen (secondary N) is 1. The average molecular weight is 327 g/mol. The molecule has 0 fully saturated rings. The van der Waals surface area contributed by atoms with Gasteiger partial charge in [-0.1, -0.05) is 6.07 Å². The summed E-state index contributed by atoms with van der Waals surface area (Å²) in [6.07, 6.45) is 2.14. The average Bonchev–Trinajstić information content (AvgIpc) is 2.99. The monoisotopic (exact) mass is 327 g/mol. The number of aromatic nitrogens is 2. The smallest absolute Gasteiger partial charge is 0.330 e. The third-order valence-corrected chi connectivity index (χ3v) is 3.91. The fourth-order valence-electron chi connectivity index (χ4n) is 2.69. The Morgan fingerprint density at radius 1 is 1.33 bits per heavy atom. The normalized spacial score (nSPS) is 13.8. The summed E-state index contributed by atoms with van der Waals surface area (Å²) in [5, 5.41) is 12.0. The van der Waals surface area contributed by atoms with E-state index in [1.165, 1.54) is 6.20 Å². The summed E-state index contributed by atoms with van der Waals surface area (Å²) >= 11 is 0. The Bertz CT molecular complexity index is 819. The largest absolute Gasteiger partial charge is 0.493 e. The predicted molar refractivity (Wildman–Crippen MR) is 85.0 cm³/mol. The summed E-state index contributed by atoms with van der Waals surface area (Å²) in [5.74, 6) is -0.334. The SMILES string of the molecule is Cc1ncc(C(=O)NC(C(=O)O)c2ccc3c(c2)CCO3)c(C)n1. The summed E-state index contributed by atoms with van der Waals surface area (Å²) in [5.41, 5.74) is 2.22. The number of aryl methyl sites for hydroxylation is 2. The number of hydrogen-bond donors (Lipinski definition) is 2. The summed E-state index contributed by atoms with van der Waals surface area (Å²) in [4.78, 5) is 32.2. The number of carboxylic acids is 1. The Morgan fingerprint density at radius 3 is 2.83 bits per heavy atom. The van der Waals surface area contributed by atoms with E-state index in [0.29, 0.717) is 23.7 Å². The van der Waals surface area contributed by atoms with Crippen molar-refractivity contribution in [3.8, 4) is 5.75 Å². The minimum Gasteiger partial charge on any atom is -0.493 e. The Hall–Kier alpha value is -2.96. The van der Waals surface area contributed by atoms with Crippen LogP contribution in [0.5, 0.6) is 5.75 Å². The highest BCUT2D eigenvalue weighted by atomic mass is 16.5. The van der Waals surface area contributed by atoms with Crippen LogP contribution in [0, 0.1) is 13.8 Å². The molecule has 0 saturated carbocycles. The van der Waals surface area contributed by atoms with Gasteiger partial charge in [-0.3, -0.25) is 4.79 Å². The minimum atomic E-state index is -1.15. The van der Waals surface area contributed by atoms with Gasteiger partial charge in [-0.05, 0) is 37.1 Å². The van der Waals surface area contributed by atoms with E-state index in [9.17, 15) is 14.7 Å². The number of hydrogen-bond acceptors (Lipinski definition) is 5. The molecule has 24 heavy (non-hydrogen) atoms. The number of rotatable bonds is 4. The van der Waals surface area contributed by atoms with Gasteiger partial charge >= 0.3 is 5.97 Å². The molecular formula is C17H17N3O4. The molecule has 1 aliphatic rings. The van der Waals surface area contributed by atoms with Crippen LogP contribution in [0.4, 0.5) is 0 Å². The standard InChI is InChI=1S/C17H17N3O4/c1-9-13(8-18-10(2)19-9)16(21)20-15(17(22)23)12-3-4-14-11(7-12)5-6-24-14/h3-4,7-8,15H,5-6H2,1-2H3,(H,20,21)(H,22,23). The van der Waals surface area contributed by atoms with Crippen LogP contribution in [-0.2, 0) is 11.2 Å². The molecule has 1 amide bonds. The zero-order chi connectivity index (χ0) is 17.3. The number of aliphatic carboxylic acids is 1. The van der Waals surface area contributed by atoms with Crippen molar-refractivity contribution in [2.75, 3.05) is 6.61 Å². The first kappa shape index (κ1) is 15.9. The van der Waals surface area contributed by atoms with Crippen LogP contribution in [0.15, 0.2) is 24.4 Å². The lowest BCUT2D eigenvalue weighted by atomic mass is 10.0. The van der Waals surface area contributed by atoms with Crippen molar-refractivity contribution in [1.82, 2.24) is 15.3 Å². The zero-order valence-electron chi connectivity index (χ0n) is 13.4. The predicted octanol–water partition coefficient (Wildman–Crippen LogP) is 1.58. The number of fused-ring (bicyclic) bond motifs is 1. The quantitative estimate of drug-likeness (QED) is 0.884. The van der Waals surface area contributed by atoms with Gasteiger partial charge in [0, 0.05) is 12.6 Å². The van der Waals surface area contributed by atoms with Crippen LogP contribution in [0.25, 0.3) is 0 Å². The van der Waals surface area contributed by atoms with Gasteiger partial charge in [-0.25, -0.2) is 14.8 Å². The van der Waals surface area contributed by atoms with Gasteiger partial charge in [-0.15, -0.1) is 0 Å². The molecule has 1 atom stereocenters. The van der Waals surface area contributed by atoms with Crippen LogP contribution < -0.4 is 10.1 Å². The minimum absolute atomic E-state index is 0.261. The van der Waals surface area contributed by atoms with Crippen LogP contribution in [-0.4, -0.2) is 33.6 Å². The highest BCUT2D eigenvalue weighted by Crippen LogP contribution is 2.28. The van der Waals surface area contributed by atoms with Crippen LogP contribution >= 0.6 is 0 Å². The molecule has 0 radical (unpaired) electrons. The van der Waals surface area contributed by atoms with Crippen molar-refractivity contribution >= 4 is 11.9 Å². The molecule has 2 heterocycles. The van der Waals surface area contributed by atoms with Gasteiger partial charge < -0.3 is 15.2 Å². The number of ether oxygens (including phenoxy) is 1. The maximum absolute atomic E-state index is 12.4. The van der Waals surface area contributed by atoms with Gasteiger partial charge in [0.05, 0.1) is 17.9 Å². The highest BCUT2D eigenvalue weighted by molar-refractivity contribution is 5.97. The van der Waals surface area contributed by atoms with E-state index in [1.807, 2.05) is 0 Å². The van der Waals surface area contributed by atoms with E-state index in [1.54, 1.807) is 32.0 Å². The zero-order valence-corrected chi connectivity index (χ0v) is 13.4. The second kappa shape index (κ2) is 6.27. The van der Waals surface area contributed by atoms with Crippen LogP contribution in [0.3, 0.4) is 0 Å². The third kappa shape index (κ3) is 3.05. The van der Waals surface area contributed by atoms with E-state index in [2.05, 4.69) is 15.3 Å². The fourth-order valence-corrected chi connectivity index (χ4v) is 2.69. The second-order valence-corrected chi connectivity index (χ2v) is 5.63. The number of amides is 1. The topological polar surface area (TPSA) is 101 Å². The third-order valence-electron chi connectivity index (χ3n) is 3.91. The molecule has 1 aromatic heterocycles. The Morgan fingerprint density at radius 2 is 2.12 bits per heavy atom. The Balaban J connectivity index is 1.86. The van der Waals surface area contributed by atoms with Gasteiger partial charge in [0.25, 0.3) is 5.91 Å². The number of benzene rings is 1. The highest BCUT2D eigenvalue weighted by Gasteiger charge is 2.25. The second-order valence-electron chi connectivity index (χ2n) is 5.63. The van der Waals surface area contributed by atoms with Gasteiger partial charge in [0.1, 0.15) is 11.6 Å². The first-order valence-electron chi connectivity index (χ1n) is 7.55. The fraction of sp³-hybridized carbons (Fsp3) is 0.294. The first-order chi connectivity index (χ1) is 11.5. The maximum atomic E-state index is 12.4. The van der Waals surface area contributed by atoms with E-state index in [0.717, 1.165) is 17.7 Å². The molecule has 2 aromatic rings.